The van der Waals surface area contributed by atoms with E-state index in [0.29, 0.717) is 5.25 Å². The first kappa shape index (κ1) is 9.98. The molecule has 1 fully saturated rings. The molecule has 78 valence electrons. The minimum Gasteiger partial charge on any atom is -0.392 e. The molecule has 2 rings (SSSR count). The predicted molar refractivity (Wildman–Crippen MR) is 55.2 cm³/mol. The molecule has 0 aromatic carbocycles. The molecule has 0 radical (unpaired) electrons. The maximum absolute atomic E-state index is 9.67. The van der Waals surface area contributed by atoms with E-state index >= 15 is 0 Å². The van der Waals surface area contributed by atoms with Gasteiger partial charge in [-0.3, -0.25) is 0 Å². The summed E-state index contributed by atoms with van der Waals surface area (Å²) in [6.07, 6.45) is 2.96. The first-order chi connectivity index (χ1) is 6.68. The Hall–Kier alpha value is -0.550. The Morgan fingerprint density at radius 3 is 2.71 bits per heavy atom. The Bertz CT molecular complexity index is 326. The van der Waals surface area contributed by atoms with Gasteiger partial charge in [0.15, 0.2) is 5.16 Å². The SMILES string of the molecule is Cc1nnc(SC2CCCC2O)n1C. The Labute approximate surface area is 87.7 Å². The lowest BCUT2D eigenvalue weighted by Gasteiger charge is -2.12. The fraction of sp³-hybridized carbons (Fsp3) is 0.778. The van der Waals surface area contributed by atoms with Crippen molar-refractivity contribution in [1.29, 1.82) is 0 Å². The molecule has 14 heavy (non-hydrogen) atoms. The number of hydrogen-bond acceptors (Lipinski definition) is 4. The van der Waals surface area contributed by atoms with Gasteiger partial charge in [0.25, 0.3) is 0 Å². The molecule has 0 saturated heterocycles. The van der Waals surface area contributed by atoms with Crippen molar-refractivity contribution in [3.05, 3.63) is 5.82 Å². The van der Waals surface area contributed by atoms with E-state index in [4.69, 9.17) is 0 Å². The van der Waals surface area contributed by atoms with Gasteiger partial charge in [0.2, 0.25) is 0 Å². The van der Waals surface area contributed by atoms with Crippen molar-refractivity contribution in [2.75, 3.05) is 0 Å². The quantitative estimate of drug-likeness (QED) is 0.800. The summed E-state index contributed by atoms with van der Waals surface area (Å²) in [5.41, 5.74) is 0. The number of aromatic nitrogens is 3. The second-order valence-corrected chi connectivity index (χ2v) is 4.95. The van der Waals surface area contributed by atoms with Crippen LogP contribution in [0.2, 0.25) is 0 Å². The highest BCUT2D eigenvalue weighted by atomic mass is 32.2. The highest BCUT2D eigenvalue weighted by Gasteiger charge is 2.27. The highest BCUT2D eigenvalue weighted by Crippen LogP contribution is 2.33. The van der Waals surface area contributed by atoms with E-state index in [1.165, 1.54) is 0 Å². The van der Waals surface area contributed by atoms with E-state index in [0.717, 1.165) is 30.2 Å². The van der Waals surface area contributed by atoms with Gasteiger partial charge in [0.1, 0.15) is 5.82 Å². The number of hydrogen-bond donors (Lipinski definition) is 1. The predicted octanol–water partition coefficient (Wildman–Crippen LogP) is 1.13. The smallest absolute Gasteiger partial charge is 0.191 e. The first-order valence-electron chi connectivity index (χ1n) is 4.89. The van der Waals surface area contributed by atoms with E-state index in [1.807, 2.05) is 18.5 Å². The molecule has 1 N–H and O–H groups in total. The zero-order valence-electron chi connectivity index (χ0n) is 8.47. The van der Waals surface area contributed by atoms with E-state index in [-0.39, 0.29) is 6.10 Å². The van der Waals surface area contributed by atoms with Crippen LogP contribution in [0.1, 0.15) is 25.1 Å². The maximum Gasteiger partial charge on any atom is 0.191 e. The van der Waals surface area contributed by atoms with Crippen molar-refractivity contribution >= 4 is 11.8 Å². The van der Waals surface area contributed by atoms with Crippen LogP contribution in [-0.4, -0.2) is 31.2 Å². The third-order valence-corrected chi connectivity index (χ3v) is 4.15. The molecule has 5 heteroatoms. The fourth-order valence-electron chi connectivity index (χ4n) is 1.67. The van der Waals surface area contributed by atoms with Crippen molar-refractivity contribution in [3.63, 3.8) is 0 Å². The minimum absolute atomic E-state index is 0.169. The van der Waals surface area contributed by atoms with Crippen LogP contribution in [0.4, 0.5) is 0 Å². The molecular weight excluding hydrogens is 198 g/mol. The molecule has 1 heterocycles. The second-order valence-electron chi connectivity index (χ2n) is 3.74. The Balaban J connectivity index is 2.07. The summed E-state index contributed by atoms with van der Waals surface area (Å²) >= 11 is 1.65. The molecule has 2 atom stereocenters. The third kappa shape index (κ3) is 1.79. The molecule has 1 saturated carbocycles. The van der Waals surface area contributed by atoms with Gasteiger partial charge in [-0.05, 0) is 26.2 Å². The summed E-state index contributed by atoms with van der Waals surface area (Å²) in [5, 5.41) is 19.0. The number of aryl methyl sites for hydroxylation is 1. The molecule has 0 spiro atoms. The summed E-state index contributed by atoms with van der Waals surface area (Å²) in [7, 11) is 1.96. The van der Waals surface area contributed by atoms with E-state index in [2.05, 4.69) is 10.2 Å². The summed E-state index contributed by atoms with van der Waals surface area (Å²) in [6, 6.07) is 0. The molecule has 1 aliphatic carbocycles. The molecular formula is C9H15N3OS. The highest BCUT2D eigenvalue weighted by molar-refractivity contribution is 7.99. The summed E-state index contributed by atoms with van der Waals surface area (Å²) in [4.78, 5) is 0. The monoisotopic (exact) mass is 213 g/mol. The molecule has 1 aliphatic rings. The molecule has 0 amide bonds. The molecule has 0 aliphatic heterocycles. The van der Waals surface area contributed by atoms with Gasteiger partial charge >= 0.3 is 0 Å². The minimum atomic E-state index is -0.169. The van der Waals surface area contributed by atoms with Crippen LogP contribution in [-0.2, 0) is 7.05 Å². The van der Waals surface area contributed by atoms with E-state index < -0.39 is 0 Å². The van der Waals surface area contributed by atoms with Gasteiger partial charge < -0.3 is 9.67 Å². The lowest BCUT2D eigenvalue weighted by Crippen LogP contribution is -2.15. The van der Waals surface area contributed by atoms with Crippen LogP contribution in [0.15, 0.2) is 5.16 Å². The fourth-order valence-corrected chi connectivity index (χ4v) is 2.90. The molecule has 1 aromatic heterocycles. The van der Waals surface area contributed by atoms with Gasteiger partial charge in [0.05, 0.1) is 6.10 Å². The van der Waals surface area contributed by atoms with Gasteiger partial charge in [-0.2, -0.15) is 0 Å². The van der Waals surface area contributed by atoms with Crippen LogP contribution < -0.4 is 0 Å². The topological polar surface area (TPSA) is 50.9 Å². The van der Waals surface area contributed by atoms with E-state index in [1.54, 1.807) is 11.8 Å². The number of aliphatic hydroxyl groups excluding tert-OH is 1. The number of rotatable bonds is 2. The Morgan fingerprint density at radius 2 is 2.21 bits per heavy atom. The van der Waals surface area contributed by atoms with Crippen molar-refractivity contribution in [2.45, 2.75) is 42.7 Å². The lowest BCUT2D eigenvalue weighted by atomic mass is 10.3. The van der Waals surface area contributed by atoms with Gasteiger partial charge in [-0.25, -0.2) is 0 Å². The number of thioether (sulfide) groups is 1. The van der Waals surface area contributed by atoms with Crippen LogP contribution in [0.25, 0.3) is 0 Å². The largest absolute Gasteiger partial charge is 0.392 e. The average Bonchev–Trinajstić information content (AvgIpc) is 2.68. The van der Waals surface area contributed by atoms with Crippen molar-refractivity contribution in [1.82, 2.24) is 14.8 Å². The average molecular weight is 213 g/mol. The van der Waals surface area contributed by atoms with Crippen LogP contribution in [0, 0.1) is 6.92 Å². The van der Waals surface area contributed by atoms with E-state index in [9.17, 15) is 5.11 Å². The molecule has 2 unspecified atom stereocenters. The van der Waals surface area contributed by atoms with Crippen LogP contribution in [0.5, 0.6) is 0 Å². The summed E-state index contributed by atoms with van der Waals surface area (Å²) in [6.45, 7) is 1.93. The zero-order valence-corrected chi connectivity index (χ0v) is 9.29. The molecule has 4 nitrogen and oxygen atoms in total. The van der Waals surface area contributed by atoms with Gasteiger partial charge in [-0.15, -0.1) is 10.2 Å². The van der Waals surface area contributed by atoms with Crippen molar-refractivity contribution in [2.24, 2.45) is 7.05 Å². The molecule has 0 bridgehead atoms. The Kier molecular flexibility index (Phi) is 2.78. The second kappa shape index (κ2) is 3.90. The van der Waals surface area contributed by atoms with Crippen molar-refractivity contribution < 1.29 is 5.11 Å². The number of nitrogens with zero attached hydrogens (tertiary/aromatic N) is 3. The first-order valence-corrected chi connectivity index (χ1v) is 5.77. The lowest BCUT2D eigenvalue weighted by molar-refractivity contribution is 0.188. The maximum atomic E-state index is 9.67. The number of aliphatic hydroxyl groups is 1. The van der Waals surface area contributed by atoms with Gasteiger partial charge in [0, 0.05) is 12.3 Å². The van der Waals surface area contributed by atoms with Crippen LogP contribution >= 0.6 is 11.8 Å². The summed E-state index contributed by atoms with van der Waals surface area (Å²) in [5.74, 6) is 0.917. The molecule has 1 aromatic rings. The third-order valence-electron chi connectivity index (χ3n) is 2.73. The van der Waals surface area contributed by atoms with Gasteiger partial charge in [-0.1, -0.05) is 11.8 Å². The standard InChI is InChI=1S/C9H15N3OS/c1-6-10-11-9(12(6)2)14-8-5-3-4-7(8)13/h7-8,13H,3-5H2,1-2H3. The van der Waals surface area contributed by atoms with Crippen LogP contribution in [0.3, 0.4) is 0 Å². The van der Waals surface area contributed by atoms with Crippen molar-refractivity contribution in [3.8, 4) is 0 Å². The Morgan fingerprint density at radius 1 is 1.43 bits per heavy atom. The zero-order chi connectivity index (χ0) is 10.1. The normalized spacial score (nSPS) is 27.1. The summed E-state index contributed by atoms with van der Waals surface area (Å²) < 4.78 is 1.97.